The van der Waals surface area contributed by atoms with E-state index in [9.17, 15) is 4.79 Å². The SMILES string of the molecule is C[C@H](NC1CCN(C(=O)OC(C)(C)C)C1)C1CCCCC1. The molecule has 122 valence electrons. The van der Waals surface area contributed by atoms with Crippen molar-refractivity contribution in [2.75, 3.05) is 13.1 Å². The van der Waals surface area contributed by atoms with Gasteiger partial charge in [-0.2, -0.15) is 0 Å². The lowest BCUT2D eigenvalue weighted by Crippen LogP contribution is -2.44. The first-order valence-corrected chi connectivity index (χ1v) is 8.59. The van der Waals surface area contributed by atoms with Gasteiger partial charge in [-0.15, -0.1) is 0 Å². The highest BCUT2D eigenvalue weighted by atomic mass is 16.6. The molecule has 1 aliphatic carbocycles. The summed E-state index contributed by atoms with van der Waals surface area (Å²) in [6.07, 6.45) is 7.75. The molecular formula is C17H32N2O2. The van der Waals surface area contributed by atoms with Crippen molar-refractivity contribution in [2.24, 2.45) is 5.92 Å². The average Bonchev–Trinajstić information content (AvgIpc) is 2.86. The summed E-state index contributed by atoms with van der Waals surface area (Å²) in [6.45, 7) is 9.66. The molecule has 1 saturated carbocycles. The van der Waals surface area contributed by atoms with Gasteiger partial charge in [-0.25, -0.2) is 4.79 Å². The van der Waals surface area contributed by atoms with Gasteiger partial charge in [0.25, 0.3) is 0 Å². The summed E-state index contributed by atoms with van der Waals surface area (Å²) in [7, 11) is 0. The third-order valence-corrected chi connectivity index (χ3v) is 4.70. The van der Waals surface area contributed by atoms with Crippen LogP contribution in [0.15, 0.2) is 0 Å². The van der Waals surface area contributed by atoms with Crippen LogP contribution in [0.25, 0.3) is 0 Å². The van der Waals surface area contributed by atoms with E-state index < -0.39 is 5.60 Å². The lowest BCUT2D eigenvalue weighted by Gasteiger charge is -2.30. The second kappa shape index (κ2) is 6.99. The van der Waals surface area contributed by atoms with Crippen molar-refractivity contribution >= 4 is 6.09 Å². The van der Waals surface area contributed by atoms with Crippen LogP contribution in [0.4, 0.5) is 4.79 Å². The van der Waals surface area contributed by atoms with Gasteiger partial charge in [-0.1, -0.05) is 19.3 Å². The number of nitrogens with zero attached hydrogens (tertiary/aromatic N) is 1. The molecule has 1 amide bonds. The topological polar surface area (TPSA) is 41.6 Å². The predicted molar refractivity (Wildman–Crippen MR) is 85.4 cm³/mol. The van der Waals surface area contributed by atoms with Gasteiger partial charge in [0, 0.05) is 25.2 Å². The van der Waals surface area contributed by atoms with E-state index in [-0.39, 0.29) is 6.09 Å². The molecule has 2 fully saturated rings. The molecule has 2 rings (SSSR count). The van der Waals surface area contributed by atoms with E-state index in [1.807, 2.05) is 25.7 Å². The zero-order valence-corrected chi connectivity index (χ0v) is 14.2. The maximum atomic E-state index is 12.1. The minimum Gasteiger partial charge on any atom is -0.444 e. The second-order valence-corrected chi connectivity index (χ2v) is 7.77. The van der Waals surface area contributed by atoms with E-state index in [2.05, 4.69) is 12.2 Å². The molecule has 0 radical (unpaired) electrons. The molecule has 2 atom stereocenters. The van der Waals surface area contributed by atoms with Crippen LogP contribution in [-0.4, -0.2) is 41.8 Å². The fourth-order valence-corrected chi connectivity index (χ4v) is 3.53. The minimum atomic E-state index is -0.405. The van der Waals surface area contributed by atoms with Gasteiger partial charge in [0.2, 0.25) is 0 Å². The standard InChI is InChI=1S/C17H32N2O2/c1-13(14-8-6-5-7-9-14)18-15-10-11-19(12-15)16(20)21-17(2,3)4/h13-15,18H,5-12H2,1-4H3/t13-,15?/m0/s1. The minimum absolute atomic E-state index is 0.169. The Kier molecular flexibility index (Phi) is 5.53. The van der Waals surface area contributed by atoms with Gasteiger partial charge in [0.15, 0.2) is 0 Å². The lowest BCUT2D eigenvalue weighted by molar-refractivity contribution is 0.0290. The van der Waals surface area contributed by atoms with E-state index in [1.165, 1.54) is 32.1 Å². The van der Waals surface area contributed by atoms with E-state index in [0.29, 0.717) is 12.1 Å². The molecule has 0 aromatic rings. The zero-order valence-electron chi connectivity index (χ0n) is 14.2. The molecule has 1 unspecified atom stereocenters. The third kappa shape index (κ3) is 5.17. The van der Waals surface area contributed by atoms with Gasteiger partial charge >= 0.3 is 6.09 Å². The van der Waals surface area contributed by atoms with Crippen molar-refractivity contribution < 1.29 is 9.53 Å². The van der Waals surface area contributed by atoms with Crippen LogP contribution in [0.1, 0.15) is 66.2 Å². The molecular weight excluding hydrogens is 264 g/mol. The monoisotopic (exact) mass is 296 g/mol. The Labute approximate surface area is 129 Å². The Balaban J connectivity index is 1.75. The Bertz CT molecular complexity index is 345. The van der Waals surface area contributed by atoms with Gasteiger partial charge in [-0.3, -0.25) is 0 Å². The predicted octanol–water partition coefficient (Wildman–Crippen LogP) is 3.55. The first-order valence-electron chi connectivity index (χ1n) is 8.59. The van der Waals surface area contributed by atoms with E-state index in [0.717, 1.165) is 25.4 Å². The van der Waals surface area contributed by atoms with Crippen LogP contribution in [0.2, 0.25) is 0 Å². The molecule has 21 heavy (non-hydrogen) atoms. The Hall–Kier alpha value is -0.770. The van der Waals surface area contributed by atoms with Crippen molar-refractivity contribution in [3.8, 4) is 0 Å². The largest absolute Gasteiger partial charge is 0.444 e. The smallest absolute Gasteiger partial charge is 0.410 e. The lowest BCUT2D eigenvalue weighted by atomic mass is 9.84. The molecule has 4 heteroatoms. The summed E-state index contributed by atoms with van der Waals surface area (Å²) >= 11 is 0. The first-order chi connectivity index (χ1) is 9.85. The number of nitrogens with one attached hydrogen (secondary N) is 1. The highest BCUT2D eigenvalue weighted by molar-refractivity contribution is 5.68. The van der Waals surface area contributed by atoms with Crippen molar-refractivity contribution in [1.29, 1.82) is 0 Å². The van der Waals surface area contributed by atoms with Gasteiger partial charge < -0.3 is 15.0 Å². The van der Waals surface area contributed by atoms with Crippen LogP contribution in [-0.2, 0) is 4.74 Å². The van der Waals surface area contributed by atoms with Crippen LogP contribution in [0.3, 0.4) is 0 Å². The summed E-state index contributed by atoms with van der Waals surface area (Å²) in [5.74, 6) is 0.814. The molecule has 1 saturated heterocycles. The Morgan fingerprint density at radius 1 is 1.19 bits per heavy atom. The first kappa shape index (κ1) is 16.6. The van der Waals surface area contributed by atoms with Crippen LogP contribution in [0.5, 0.6) is 0 Å². The molecule has 1 N–H and O–H groups in total. The number of ether oxygens (including phenoxy) is 1. The maximum absolute atomic E-state index is 12.1. The number of carbonyl (C=O) groups excluding carboxylic acids is 1. The zero-order chi connectivity index (χ0) is 15.5. The summed E-state index contributed by atoms with van der Waals surface area (Å²) in [5.41, 5.74) is -0.405. The number of hydrogen-bond acceptors (Lipinski definition) is 3. The van der Waals surface area contributed by atoms with Gasteiger partial charge in [0.05, 0.1) is 0 Å². The van der Waals surface area contributed by atoms with E-state index >= 15 is 0 Å². The van der Waals surface area contributed by atoms with Crippen molar-refractivity contribution in [3.63, 3.8) is 0 Å². The van der Waals surface area contributed by atoms with Crippen LogP contribution < -0.4 is 5.32 Å². The van der Waals surface area contributed by atoms with Gasteiger partial charge in [0.1, 0.15) is 5.60 Å². The fraction of sp³-hybridized carbons (Fsp3) is 0.941. The number of amides is 1. The van der Waals surface area contributed by atoms with Crippen LogP contribution in [0, 0.1) is 5.92 Å². The van der Waals surface area contributed by atoms with Crippen molar-refractivity contribution in [2.45, 2.75) is 83.9 Å². The number of likely N-dealkylation sites (tertiary alicyclic amines) is 1. The normalized spacial score (nSPS) is 25.9. The second-order valence-electron chi connectivity index (χ2n) is 7.77. The maximum Gasteiger partial charge on any atom is 0.410 e. The summed E-state index contributed by atoms with van der Waals surface area (Å²) in [5, 5.41) is 3.75. The number of hydrogen-bond donors (Lipinski definition) is 1. The third-order valence-electron chi connectivity index (χ3n) is 4.70. The Morgan fingerprint density at radius 2 is 1.86 bits per heavy atom. The highest BCUT2D eigenvalue weighted by Crippen LogP contribution is 2.27. The van der Waals surface area contributed by atoms with E-state index in [1.54, 1.807) is 0 Å². The molecule has 2 aliphatic rings. The highest BCUT2D eigenvalue weighted by Gasteiger charge is 2.31. The molecule has 0 spiro atoms. The molecule has 1 aliphatic heterocycles. The molecule has 4 nitrogen and oxygen atoms in total. The summed E-state index contributed by atoms with van der Waals surface area (Å²) < 4.78 is 5.45. The quantitative estimate of drug-likeness (QED) is 0.866. The number of carbonyl (C=O) groups is 1. The van der Waals surface area contributed by atoms with E-state index in [4.69, 9.17) is 4.74 Å². The van der Waals surface area contributed by atoms with Crippen molar-refractivity contribution in [1.82, 2.24) is 10.2 Å². The van der Waals surface area contributed by atoms with Crippen molar-refractivity contribution in [3.05, 3.63) is 0 Å². The Morgan fingerprint density at radius 3 is 2.48 bits per heavy atom. The molecule has 0 bridgehead atoms. The summed E-state index contributed by atoms with van der Waals surface area (Å²) in [6, 6.07) is 0.989. The molecule has 0 aromatic heterocycles. The number of rotatable bonds is 3. The molecule has 0 aromatic carbocycles. The van der Waals surface area contributed by atoms with Gasteiger partial charge in [-0.05, 0) is 52.9 Å². The van der Waals surface area contributed by atoms with Crippen LogP contribution >= 0.6 is 0 Å². The summed E-state index contributed by atoms with van der Waals surface area (Å²) in [4.78, 5) is 13.9. The average molecular weight is 296 g/mol. The fourth-order valence-electron chi connectivity index (χ4n) is 3.53. The molecule has 1 heterocycles.